The molecule has 0 spiro atoms. The first kappa shape index (κ1) is 19.2. The summed E-state index contributed by atoms with van der Waals surface area (Å²) in [5, 5.41) is 0.486. The van der Waals surface area contributed by atoms with Crippen molar-refractivity contribution in [3.05, 3.63) is 71.5 Å². The fourth-order valence-corrected chi connectivity index (χ4v) is 3.60. The lowest BCUT2D eigenvalue weighted by atomic mass is 10.1. The largest absolute Gasteiger partial charge is 0.497 e. The molecule has 0 bridgehead atoms. The van der Waals surface area contributed by atoms with Gasteiger partial charge in [-0.2, -0.15) is 0 Å². The standard InChI is InChI=1S/C22H21ClN4O2/c1-29-17-8-6-16(7-9-17)20-14-21(25-15-24-20)26-10-12-27(13-11-26)22(28)18-4-2-3-5-19(18)23/h2-9,14-15H,10-13H2,1H3. The second-order valence-corrected chi connectivity index (χ2v) is 7.16. The van der Waals surface area contributed by atoms with Crippen LogP contribution in [0.3, 0.4) is 0 Å². The van der Waals surface area contributed by atoms with Crippen LogP contribution in [-0.2, 0) is 0 Å². The molecule has 1 aliphatic rings. The lowest BCUT2D eigenvalue weighted by molar-refractivity contribution is 0.0746. The van der Waals surface area contributed by atoms with Crippen LogP contribution in [-0.4, -0.2) is 54.1 Å². The van der Waals surface area contributed by atoms with Crippen molar-refractivity contribution in [3.63, 3.8) is 0 Å². The van der Waals surface area contributed by atoms with Gasteiger partial charge in [0.25, 0.3) is 5.91 Å². The van der Waals surface area contributed by atoms with Gasteiger partial charge in [0.1, 0.15) is 17.9 Å². The Hall–Kier alpha value is -3.12. The Kier molecular flexibility index (Phi) is 5.62. The fourth-order valence-electron chi connectivity index (χ4n) is 3.38. The molecule has 0 atom stereocenters. The Morgan fingerprint density at radius 1 is 1.00 bits per heavy atom. The minimum absolute atomic E-state index is 0.0307. The summed E-state index contributed by atoms with van der Waals surface area (Å²) in [6.07, 6.45) is 1.58. The highest BCUT2D eigenvalue weighted by atomic mass is 35.5. The molecule has 148 valence electrons. The van der Waals surface area contributed by atoms with Crippen LogP contribution in [0.2, 0.25) is 5.02 Å². The van der Waals surface area contributed by atoms with E-state index in [1.165, 1.54) is 0 Å². The molecule has 1 saturated heterocycles. The molecule has 0 N–H and O–H groups in total. The molecule has 1 aliphatic heterocycles. The van der Waals surface area contributed by atoms with Crippen molar-refractivity contribution in [1.82, 2.24) is 14.9 Å². The number of anilines is 1. The molecule has 1 amide bonds. The molecule has 3 aromatic rings. The third-order valence-corrected chi connectivity index (χ3v) is 5.36. The van der Waals surface area contributed by atoms with E-state index >= 15 is 0 Å². The Morgan fingerprint density at radius 2 is 1.72 bits per heavy atom. The minimum Gasteiger partial charge on any atom is -0.497 e. The van der Waals surface area contributed by atoms with E-state index in [1.54, 1.807) is 25.6 Å². The molecular weight excluding hydrogens is 388 g/mol. The third kappa shape index (κ3) is 4.17. The number of ether oxygens (including phenoxy) is 1. The van der Waals surface area contributed by atoms with E-state index in [4.69, 9.17) is 16.3 Å². The Balaban J connectivity index is 1.45. The SMILES string of the molecule is COc1ccc(-c2cc(N3CCN(C(=O)c4ccccc4Cl)CC3)ncn2)cc1. The van der Waals surface area contributed by atoms with Gasteiger partial charge in [-0.15, -0.1) is 0 Å². The van der Waals surface area contributed by atoms with Gasteiger partial charge in [-0.05, 0) is 36.4 Å². The summed E-state index contributed by atoms with van der Waals surface area (Å²) < 4.78 is 5.21. The maximum Gasteiger partial charge on any atom is 0.255 e. The number of hydrogen-bond donors (Lipinski definition) is 0. The molecule has 0 saturated carbocycles. The minimum atomic E-state index is -0.0307. The van der Waals surface area contributed by atoms with Gasteiger partial charge in [0, 0.05) is 37.8 Å². The first-order chi connectivity index (χ1) is 14.2. The summed E-state index contributed by atoms with van der Waals surface area (Å²) in [4.78, 5) is 25.6. The quantitative estimate of drug-likeness (QED) is 0.657. The molecule has 29 heavy (non-hydrogen) atoms. The molecule has 4 rings (SSSR count). The van der Waals surface area contributed by atoms with Gasteiger partial charge < -0.3 is 14.5 Å². The number of aromatic nitrogens is 2. The average molecular weight is 409 g/mol. The maximum absolute atomic E-state index is 12.7. The van der Waals surface area contributed by atoms with E-state index < -0.39 is 0 Å². The van der Waals surface area contributed by atoms with Crippen LogP contribution >= 0.6 is 11.6 Å². The molecule has 6 nitrogen and oxygen atoms in total. The zero-order valence-electron chi connectivity index (χ0n) is 16.1. The van der Waals surface area contributed by atoms with Gasteiger partial charge in [0.2, 0.25) is 0 Å². The predicted octanol–water partition coefficient (Wildman–Crippen LogP) is 3.77. The lowest BCUT2D eigenvalue weighted by Gasteiger charge is -2.35. The Labute approximate surface area is 174 Å². The van der Waals surface area contributed by atoms with Gasteiger partial charge in [-0.3, -0.25) is 4.79 Å². The molecule has 0 radical (unpaired) electrons. The summed E-state index contributed by atoms with van der Waals surface area (Å²) in [5.74, 6) is 1.63. The zero-order chi connectivity index (χ0) is 20.2. The van der Waals surface area contributed by atoms with Crippen molar-refractivity contribution in [2.24, 2.45) is 0 Å². The zero-order valence-corrected chi connectivity index (χ0v) is 16.8. The fraction of sp³-hybridized carbons (Fsp3) is 0.227. The Bertz CT molecular complexity index is 1000. The number of rotatable bonds is 4. The number of nitrogens with zero attached hydrogens (tertiary/aromatic N) is 4. The van der Waals surface area contributed by atoms with Crippen molar-refractivity contribution in [3.8, 4) is 17.0 Å². The van der Waals surface area contributed by atoms with Gasteiger partial charge in [0.05, 0.1) is 23.4 Å². The van der Waals surface area contributed by atoms with E-state index in [9.17, 15) is 4.79 Å². The molecule has 2 heterocycles. The first-order valence-corrected chi connectivity index (χ1v) is 9.79. The number of halogens is 1. The van der Waals surface area contributed by atoms with Crippen molar-refractivity contribution < 1.29 is 9.53 Å². The van der Waals surface area contributed by atoms with Crippen LogP contribution in [0.4, 0.5) is 5.82 Å². The van der Waals surface area contributed by atoms with Crippen LogP contribution in [0.15, 0.2) is 60.9 Å². The summed E-state index contributed by atoms with van der Waals surface area (Å²) in [7, 11) is 1.65. The molecule has 7 heteroatoms. The van der Waals surface area contributed by atoms with Crippen LogP contribution in [0.5, 0.6) is 5.75 Å². The topological polar surface area (TPSA) is 58.6 Å². The van der Waals surface area contributed by atoms with E-state index in [0.717, 1.165) is 22.8 Å². The van der Waals surface area contributed by atoms with Gasteiger partial charge in [-0.1, -0.05) is 23.7 Å². The Morgan fingerprint density at radius 3 is 2.41 bits per heavy atom. The lowest BCUT2D eigenvalue weighted by Crippen LogP contribution is -2.49. The third-order valence-electron chi connectivity index (χ3n) is 5.03. The number of piperazine rings is 1. The first-order valence-electron chi connectivity index (χ1n) is 9.41. The molecule has 1 aromatic heterocycles. The highest BCUT2D eigenvalue weighted by molar-refractivity contribution is 6.33. The van der Waals surface area contributed by atoms with Crippen LogP contribution < -0.4 is 9.64 Å². The number of carbonyl (C=O) groups excluding carboxylic acids is 1. The normalized spacial score (nSPS) is 14.0. The summed E-state index contributed by atoms with van der Waals surface area (Å²) in [6, 6.07) is 16.9. The van der Waals surface area contributed by atoms with Crippen molar-refractivity contribution in [2.45, 2.75) is 0 Å². The highest BCUT2D eigenvalue weighted by Crippen LogP contribution is 2.24. The van der Waals surface area contributed by atoms with E-state index in [1.807, 2.05) is 47.4 Å². The number of hydrogen-bond acceptors (Lipinski definition) is 5. The highest BCUT2D eigenvalue weighted by Gasteiger charge is 2.24. The van der Waals surface area contributed by atoms with E-state index in [2.05, 4.69) is 14.9 Å². The van der Waals surface area contributed by atoms with Gasteiger partial charge >= 0.3 is 0 Å². The molecule has 2 aromatic carbocycles. The van der Waals surface area contributed by atoms with Gasteiger partial charge in [0.15, 0.2) is 0 Å². The van der Waals surface area contributed by atoms with E-state index in [-0.39, 0.29) is 5.91 Å². The molecule has 1 fully saturated rings. The monoisotopic (exact) mass is 408 g/mol. The van der Waals surface area contributed by atoms with Crippen LogP contribution in [0.25, 0.3) is 11.3 Å². The second kappa shape index (κ2) is 8.49. The molecular formula is C22H21ClN4O2. The molecule has 0 unspecified atom stereocenters. The smallest absolute Gasteiger partial charge is 0.255 e. The maximum atomic E-state index is 12.7. The van der Waals surface area contributed by atoms with Crippen molar-refractivity contribution >= 4 is 23.3 Å². The number of amides is 1. The summed E-state index contributed by atoms with van der Waals surface area (Å²) in [5.41, 5.74) is 2.40. The van der Waals surface area contributed by atoms with Gasteiger partial charge in [-0.25, -0.2) is 9.97 Å². The number of methoxy groups -OCH3 is 1. The van der Waals surface area contributed by atoms with Crippen molar-refractivity contribution in [1.29, 1.82) is 0 Å². The van der Waals surface area contributed by atoms with Crippen LogP contribution in [0.1, 0.15) is 10.4 Å². The van der Waals surface area contributed by atoms with Crippen molar-refractivity contribution in [2.75, 3.05) is 38.2 Å². The molecule has 0 aliphatic carbocycles. The van der Waals surface area contributed by atoms with Crippen LogP contribution in [0, 0.1) is 0 Å². The van der Waals surface area contributed by atoms with E-state index in [0.29, 0.717) is 36.8 Å². The summed E-state index contributed by atoms with van der Waals surface area (Å²) >= 11 is 6.17. The average Bonchev–Trinajstić information content (AvgIpc) is 2.79. The second-order valence-electron chi connectivity index (χ2n) is 6.75. The number of carbonyl (C=O) groups is 1. The number of benzene rings is 2. The summed E-state index contributed by atoms with van der Waals surface area (Å²) in [6.45, 7) is 2.64. The predicted molar refractivity (Wildman–Crippen MR) is 114 cm³/mol.